The Morgan fingerprint density at radius 1 is 1.29 bits per heavy atom. The van der Waals surface area contributed by atoms with Crippen LogP contribution in [-0.2, 0) is 4.79 Å². The molecule has 1 fully saturated rings. The summed E-state index contributed by atoms with van der Waals surface area (Å²) in [5, 5.41) is 0. The molecule has 0 spiro atoms. The van der Waals surface area contributed by atoms with E-state index in [0.717, 1.165) is 25.7 Å². The van der Waals surface area contributed by atoms with Crippen molar-refractivity contribution >= 4 is 5.91 Å². The molecule has 0 aromatic carbocycles. The molecule has 0 aromatic rings. The fourth-order valence-corrected chi connectivity index (χ4v) is 2.79. The van der Waals surface area contributed by atoms with E-state index in [9.17, 15) is 4.79 Å². The minimum absolute atomic E-state index is 0.0587. The van der Waals surface area contributed by atoms with Gasteiger partial charge >= 0.3 is 0 Å². The third-order valence-corrected chi connectivity index (χ3v) is 3.96. The lowest BCUT2D eigenvalue weighted by molar-refractivity contribution is -0.137. The van der Waals surface area contributed by atoms with Crippen LogP contribution in [0.3, 0.4) is 0 Å². The Morgan fingerprint density at radius 3 is 2.41 bits per heavy atom. The zero-order valence-electron chi connectivity index (χ0n) is 11.8. The number of hydrogen-bond donors (Lipinski definition) is 1. The second kappa shape index (κ2) is 6.39. The van der Waals surface area contributed by atoms with Crippen LogP contribution in [0.25, 0.3) is 0 Å². The van der Waals surface area contributed by atoms with Crippen molar-refractivity contribution in [1.29, 1.82) is 0 Å². The van der Waals surface area contributed by atoms with Crippen LogP contribution in [0, 0.1) is 11.8 Å². The van der Waals surface area contributed by atoms with Gasteiger partial charge in [-0.1, -0.05) is 26.7 Å². The molecule has 1 aliphatic carbocycles. The van der Waals surface area contributed by atoms with Gasteiger partial charge in [-0.3, -0.25) is 4.79 Å². The van der Waals surface area contributed by atoms with Crippen LogP contribution in [-0.4, -0.2) is 29.9 Å². The van der Waals surface area contributed by atoms with E-state index < -0.39 is 0 Å². The summed E-state index contributed by atoms with van der Waals surface area (Å²) in [4.78, 5) is 14.3. The Balaban J connectivity index is 2.55. The van der Waals surface area contributed by atoms with Crippen molar-refractivity contribution in [2.24, 2.45) is 17.6 Å². The minimum atomic E-state index is 0.0587. The number of amides is 1. The summed E-state index contributed by atoms with van der Waals surface area (Å²) in [6.45, 7) is 6.52. The highest BCUT2D eigenvalue weighted by Crippen LogP contribution is 2.25. The number of rotatable bonds is 4. The first-order chi connectivity index (χ1) is 7.93. The second-order valence-corrected chi connectivity index (χ2v) is 5.98. The van der Waals surface area contributed by atoms with Crippen molar-refractivity contribution in [2.75, 3.05) is 7.05 Å². The lowest BCUT2D eigenvalue weighted by atomic mass is 9.84. The number of hydrogen-bond acceptors (Lipinski definition) is 2. The smallest absolute Gasteiger partial charge is 0.227 e. The van der Waals surface area contributed by atoms with E-state index in [0.29, 0.717) is 12.0 Å². The molecule has 2 N–H and O–H groups in total. The van der Waals surface area contributed by atoms with Crippen molar-refractivity contribution in [3.8, 4) is 0 Å². The Hall–Kier alpha value is -0.570. The SMILES string of the molecule is CC(C)CC(C)N(C)C(=O)C1CCCCC1N. The van der Waals surface area contributed by atoms with E-state index >= 15 is 0 Å². The van der Waals surface area contributed by atoms with Gasteiger partial charge in [0.1, 0.15) is 0 Å². The van der Waals surface area contributed by atoms with E-state index in [2.05, 4.69) is 20.8 Å². The number of nitrogens with two attached hydrogens (primary N) is 1. The fraction of sp³-hybridized carbons (Fsp3) is 0.929. The maximum absolute atomic E-state index is 12.4. The molecule has 1 rings (SSSR count). The normalized spacial score (nSPS) is 26.9. The van der Waals surface area contributed by atoms with Gasteiger partial charge in [0, 0.05) is 19.1 Å². The third-order valence-electron chi connectivity index (χ3n) is 3.96. The minimum Gasteiger partial charge on any atom is -0.343 e. The molecule has 0 radical (unpaired) electrons. The van der Waals surface area contributed by atoms with Gasteiger partial charge < -0.3 is 10.6 Å². The van der Waals surface area contributed by atoms with Crippen LogP contribution < -0.4 is 5.73 Å². The Morgan fingerprint density at radius 2 is 1.88 bits per heavy atom. The van der Waals surface area contributed by atoms with Crippen LogP contribution in [0.5, 0.6) is 0 Å². The van der Waals surface area contributed by atoms with Gasteiger partial charge in [0.2, 0.25) is 5.91 Å². The molecule has 1 aliphatic rings. The zero-order chi connectivity index (χ0) is 13.0. The average Bonchev–Trinajstić information content (AvgIpc) is 2.27. The highest BCUT2D eigenvalue weighted by molar-refractivity contribution is 5.79. The summed E-state index contributed by atoms with van der Waals surface area (Å²) in [6.07, 6.45) is 5.36. The van der Waals surface area contributed by atoms with Crippen LogP contribution in [0.1, 0.15) is 52.9 Å². The lowest BCUT2D eigenvalue weighted by Gasteiger charge is -2.34. The van der Waals surface area contributed by atoms with Crippen molar-refractivity contribution < 1.29 is 4.79 Å². The van der Waals surface area contributed by atoms with E-state index in [4.69, 9.17) is 5.73 Å². The van der Waals surface area contributed by atoms with Crippen LogP contribution in [0.2, 0.25) is 0 Å². The van der Waals surface area contributed by atoms with E-state index in [1.807, 2.05) is 11.9 Å². The zero-order valence-corrected chi connectivity index (χ0v) is 11.8. The molecule has 0 heterocycles. The van der Waals surface area contributed by atoms with Gasteiger partial charge in [0.15, 0.2) is 0 Å². The number of carbonyl (C=O) groups is 1. The Kier molecular flexibility index (Phi) is 5.44. The molecular formula is C14H28N2O. The Labute approximate surface area is 106 Å². The predicted molar refractivity (Wildman–Crippen MR) is 71.6 cm³/mol. The van der Waals surface area contributed by atoms with Gasteiger partial charge in [-0.2, -0.15) is 0 Å². The van der Waals surface area contributed by atoms with E-state index in [1.165, 1.54) is 6.42 Å². The molecule has 17 heavy (non-hydrogen) atoms. The second-order valence-electron chi connectivity index (χ2n) is 5.98. The van der Waals surface area contributed by atoms with Crippen molar-refractivity contribution in [3.05, 3.63) is 0 Å². The first-order valence-corrected chi connectivity index (χ1v) is 6.95. The molecule has 3 unspecified atom stereocenters. The van der Waals surface area contributed by atoms with Crippen molar-refractivity contribution in [2.45, 2.75) is 65.0 Å². The molecule has 0 aliphatic heterocycles. The predicted octanol–water partition coefficient (Wildman–Crippen LogP) is 2.40. The summed E-state index contributed by atoms with van der Waals surface area (Å²) in [5.41, 5.74) is 6.07. The topological polar surface area (TPSA) is 46.3 Å². The number of nitrogens with zero attached hydrogens (tertiary/aromatic N) is 1. The molecule has 0 saturated heterocycles. The fourth-order valence-electron chi connectivity index (χ4n) is 2.79. The monoisotopic (exact) mass is 240 g/mol. The van der Waals surface area contributed by atoms with Gasteiger partial charge in [0.05, 0.1) is 5.92 Å². The maximum Gasteiger partial charge on any atom is 0.227 e. The van der Waals surface area contributed by atoms with Gasteiger partial charge in [-0.15, -0.1) is 0 Å². The summed E-state index contributed by atoms with van der Waals surface area (Å²) in [5.74, 6) is 0.939. The van der Waals surface area contributed by atoms with Crippen LogP contribution >= 0.6 is 0 Å². The first kappa shape index (κ1) is 14.5. The summed E-state index contributed by atoms with van der Waals surface area (Å²) >= 11 is 0. The molecule has 1 saturated carbocycles. The highest BCUT2D eigenvalue weighted by Gasteiger charge is 2.31. The molecule has 3 nitrogen and oxygen atoms in total. The van der Waals surface area contributed by atoms with Crippen LogP contribution in [0.15, 0.2) is 0 Å². The lowest BCUT2D eigenvalue weighted by Crippen LogP contribution is -2.47. The maximum atomic E-state index is 12.4. The molecule has 3 heteroatoms. The largest absolute Gasteiger partial charge is 0.343 e. The Bertz CT molecular complexity index is 253. The molecule has 1 amide bonds. The molecule has 100 valence electrons. The van der Waals surface area contributed by atoms with E-state index in [-0.39, 0.29) is 17.9 Å². The van der Waals surface area contributed by atoms with Crippen LogP contribution in [0.4, 0.5) is 0 Å². The summed E-state index contributed by atoms with van der Waals surface area (Å²) < 4.78 is 0. The average molecular weight is 240 g/mol. The summed E-state index contributed by atoms with van der Waals surface area (Å²) in [6, 6.07) is 0.390. The molecule has 0 aromatic heterocycles. The van der Waals surface area contributed by atoms with E-state index in [1.54, 1.807) is 0 Å². The number of carbonyl (C=O) groups excluding carboxylic acids is 1. The summed E-state index contributed by atoms with van der Waals surface area (Å²) in [7, 11) is 1.93. The first-order valence-electron chi connectivity index (χ1n) is 6.95. The quantitative estimate of drug-likeness (QED) is 0.820. The molecule has 3 atom stereocenters. The van der Waals surface area contributed by atoms with Gasteiger partial charge in [-0.05, 0) is 32.1 Å². The molecule has 0 bridgehead atoms. The molecular weight excluding hydrogens is 212 g/mol. The van der Waals surface area contributed by atoms with Gasteiger partial charge in [0.25, 0.3) is 0 Å². The van der Waals surface area contributed by atoms with Crippen molar-refractivity contribution in [3.63, 3.8) is 0 Å². The van der Waals surface area contributed by atoms with Crippen molar-refractivity contribution in [1.82, 2.24) is 4.90 Å². The highest BCUT2D eigenvalue weighted by atomic mass is 16.2. The van der Waals surface area contributed by atoms with Gasteiger partial charge in [-0.25, -0.2) is 0 Å². The standard InChI is InChI=1S/C14H28N2O/c1-10(2)9-11(3)16(4)14(17)12-7-5-6-8-13(12)15/h10-13H,5-9,15H2,1-4H3. The third kappa shape index (κ3) is 3.98.